The first-order chi connectivity index (χ1) is 9.27. The van der Waals surface area contributed by atoms with E-state index in [1.165, 1.54) is 11.1 Å². The highest BCUT2D eigenvalue weighted by Gasteiger charge is 2.14. The molecule has 0 N–H and O–H groups in total. The lowest BCUT2D eigenvalue weighted by molar-refractivity contribution is -0.116. The lowest BCUT2D eigenvalue weighted by Gasteiger charge is -2.17. The average molecular weight is 266 g/mol. The molecule has 0 atom stereocenters. The Morgan fingerprint density at radius 2 is 1.42 bits per heavy atom. The maximum atomic E-state index is 11.1. The van der Waals surface area contributed by atoms with Gasteiger partial charge in [-0.15, -0.1) is 0 Å². The Balaban J connectivity index is 2.17. The van der Waals surface area contributed by atoms with Crippen molar-refractivity contribution in [1.82, 2.24) is 0 Å². The minimum absolute atomic E-state index is 0.285. The van der Waals surface area contributed by atoms with Crippen LogP contribution in [0.15, 0.2) is 60.7 Å². The normalized spacial score (nSPS) is 10.6. The van der Waals surface area contributed by atoms with Gasteiger partial charge in [-0.1, -0.05) is 66.7 Å². The van der Waals surface area contributed by atoms with Crippen molar-refractivity contribution in [3.05, 3.63) is 71.8 Å². The van der Waals surface area contributed by atoms with Crippen LogP contribution in [0.5, 0.6) is 0 Å². The molecule has 0 unspecified atom stereocenters. The largest absolute Gasteiger partial charge is 0.300 e. The summed E-state index contributed by atoms with van der Waals surface area (Å²) in [6, 6.07) is 22.1. The topological polar surface area (TPSA) is 17.1 Å². The van der Waals surface area contributed by atoms with Gasteiger partial charge < -0.3 is 4.79 Å². The fourth-order valence-corrected chi connectivity index (χ4v) is 3.75. The molecule has 19 heavy (non-hydrogen) atoms. The van der Waals surface area contributed by atoms with E-state index < -0.39 is 0 Å². The van der Waals surface area contributed by atoms with Crippen molar-refractivity contribution < 1.29 is 4.79 Å². The second-order valence-corrected chi connectivity index (χ2v) is 6.15. The molecule has 0 aromatic heterocycles. The first-order valence-corrected chi connectivity index (χ1v) is 7.88. The van der Waals surface area contributed by atoms with Gasteiger partial charge in [-0.05, 0) is 23.6 Å². The van der Waals surface area contributed by atoms with Crippen molar-refractivity contribution in [3.63, 3.8) is 0 Å². The summed E-state index contributed by atoms with van der Waals surface area (Å²) in [4.78, 5) is 11.1. The van der Waals surface area contributed by atoms with E-state index in [0.29, 0.717) is 12.0 Å². The van der Waals surface area contributed by atoms with Crippen LogP contribution in [-0.2, 0) is 4.79 Å². The van der Waals surface area contributed by atoms with Crippen LogP contribution in [-0.4, -0.2) is 15.3 Å². The Morgan fingerprint density at radius 3 is 1.84 bits per heavy atom. The number of carbonyl (C=O) groups is 1. The smallest absolute Gasteiger partial charge is 0.129 e. The van der Waals surface area contributed by atoms with Crippen LogP contribution >= 0.6 is 0 Å². The van der Waals surface area contributed by atoms with Gasteiger partial charge in [0.1, 0.15) is 5.78 Å². The van der Waals surface area contributed by atoms with Crippen molar-refractivity contribution in [1.29, 1.82) is 0 Å². The van der Waals surface area contributed by atoms with E-state index in [1.54, 1.807) is 6.92 Å². The molecular weight excluding hydrogens is 248 g/mol. The van der Waals surface area contributed by atoms with E-state index in [9.17, 15) is 4.79 Å². The quantitative estimate of drug-likeness (QED) is 0.725. The molecule has 0 bridgehead atoms. The molecule has 0 amide bonds. The monoisotopic (exact) mass is 266 g/mol. The van der Waals surface area contributed by atoms with Gasteiger partial charge in [0.2, 0.25) is 0 Å². The number of carbonyl (C=O) groups excluding carboxylic acids is 1. The maximum absolute atomic E-state index is 11.1. The van der Waals surface area contributed by atoms with Crippen LogP contribution < -0.4 is 0 Å². The van der Waals surface area contributed by atoms with Crippen LogP contribution in [0, 0.1) is 0 Å². The molecule has 0 saturated carbocycles. The first kappa shape index (κ1) is 13.8. The minimum atomic E-state index is 0.285. The van der Waals surface area contributed by atoms with E-state index >= 15 is 0 Å². The number of ketones is 1. The van der Waals surface area contributed by atoms with Gasteiger partial charge in [0, 0.05) is 6.42 Å². The molecule has 2 heteroatoms. The van der Waals surface area contributed by atoms with E-state index in [4.69, 9.17) is 0 Å². The second kappa shape index (κ2) is 7.05. The highest BCUT2D eigenvalue weighted by atomic mass is 28.2. The number of hydrogen-bond donors (Lipinski definition) is 0. The first-order valence-electron chi connectivity index (χ1n) is 6.60. The van der Waals surface area contributed by atoms with Gasteiger partial charge in [-0.3, -0.25) is 0 Å². The van der Waals surface area contributed by atoms with Crippen LogP contribution in [0.1, 0.15) is 30.0 Å². The lowest BCUT2D eigenvalue weighted by Crippen LogP contribution is -2.10. The van der Waals surface area contributed by atoms with Crippen molar-refractivity contribution in [2.45, 2.75) is 24.9 Å². The standard InChI is InChI=1S/C17H18OSi/c1-14(18)12-13-19-17(15-8-4-2-5-9-15)16-10-6-3-7-11-16/h2-11,17H,12-13H2,1H3. The zero-order valence-corrected chi connectivity index (χ0v) is 12.2. The molecule has 0 aliphatic carbocycles. The number of hydrogen-bond acceptors (Lipinski definition) is 1. The molecule has 0 heterocycles. The summed E-state index contributed by atoms with van der Waals surface area (Å²) in [5, 5.41) is 0. The van der Waals surface area contributed by atoms with Gasteiger partial charge in [0.25, 0.3) is 0 Å². The summed E-state index contributed by atoms with van der Waals surface area (Å²) in [6.45, 7) is 1.67. The summed E-state index contributed by atoms with van der Waals surface area (Å²) >= 11 is 0. The molecule has 96 valence electrons. The average Bonchev–Trinajstić information content (AvgIpc) is 2.45. The Hall–Kier alpha value is -1.67. The van der Waals surface area contributed by atoms with E-state index in [0.717, 1.165) is 15.6 Å². The van der Waals surface area contributed by atoms with Crippen LogP contribution in [0.25, 0.3) is 0 Å². The molecule has 0 aliphatic heterocycles. The highest BCUT2D eigenvalue weighted by Crippen LogP contribution is 2.24. The molecule has 0 fully saturated rings. The molecule has 0 aliphatic rings. The Bertz CT molecular complexity index is 468. The highest BCUT2D eigenvalue weighted by molar-refractivity contribution is 6.39. The third-order valence-electron chi connectivity index (χ3n) is 3.09. The molecule has 2 radical (unpaired) electrons. The molecule has 2 aromatic rings. The van der Waals surface area contributed by atoms with Crippen molar-refractivity contribution >= 4 is 15.3 Å². The SMILES string of the molecule is CC(=O)CC[Si]C(c1ccccc1)c1ccccc1. The molecule has 1 nitrogen and oxygen atoms in total. The van der Waals surface area contributed by atoms with Gasteiger partial charge in [0.15, 0.2) is 0 Å². The third-order valence-corrected chi connectivity index (χ3v) is 4.70. The molecule has 0 spiro atoms. The van der Waals surface area contributed by atoms with E-state index in [1.807, 2.05) is 12.1 Å². The van der Waals surface area contributed by atoms with Gasteiger partial charge >= 0.3 is 0 Å². The second-order valence-electron chi connectivity index (χ2n) is 4.66. The van der Waals surface area contributed by atoms with E-state index in [-0.39, 0.29) is 5.78 Å². The molecular formula is C17H18OSi. The minimum Gasteiger partial charge on any atom is -0.300 e. The molecule has 2 rings (SSSR count). The summed E-state index contributed by atoms with van der Waals surface area (Å²) in [5.74, 6) is 0.285. The summed E-state index contributed by atoms with van der Waals surface area (Å²) in [5.41, 5.74) is 3.10. The Labute approximate surface area is 117 Å². The zero-order valence-electron chi connectivity index (χ0n) is 11.2. The molecule has 0 saturated heterocycles. The predicted molar refractivity (Wildman–Crippen MR) is 80.6 cm³/mol. The van der Waals surface area contributed by atoms with Crippen molar-refractivity contribution in [2.24, 2.45) is 0 Å². The van der Waals surface area contributed by atoms with E-state index in [2.05, 4.69) is 48.5 Å². The summed E-state index contributed by atoms with van der Waals surface area (Å²) in [7, 11) is 0.750. The van der Waals surface area contributed by atoms with Crippen molar-refractivity contribution in [2.75, 3.05) is 0 Å². The fourth-order valence-electron chi connectivity index (χ4n) is 2.11. The lowest BCUT2D eigenvalue weighted by atomic mass is 10.0. The number of rotatable bonds is 6. The van der Waals surface area contributed by atoms with Crippen LogP contribution in [0.2, 0.25) is 6.04 Å². The number of benzene rings is 2. The zero-order chi connectivity index (χ0) is 13.5. The fraction of sp³-hybridized carbons (Fsp3) is 0.235. The Morgan fingerprint density at radius 1 is 0.947 bits per heavy atom. The van der Waals surface area contributed by atoms with Crippen molar-refractivity contribution in [3.8, 4) is 0 Å². The maximum Gasteiger partial charge on any atom is 0.129 e. The van der Waals surface area contributed by atoms with Gasteiger partial charge in [0.05, 0.1) is 9.52 Å². The summed E-state index contributed by atoms with van der Waals surface area (Å²) < 4.78 is 0. The third kappa shape index (κ3) is 4.18. The predicted octanol–water partition coefficient (Wildman–Crippen LogP) is 3.88. The summed E-state index contributed by atoms with van der Waals surface area (Å²) in [6.07, 6.45) is 0.689. The van der Waals surface area contributed by atoms with Crippen LogP contribution in [0.4, 0.5) is 0 Å². The molecule has 2 aromatic carbocycles. The van der Waals surface area contributed by atoms with Crippen LogP contribution in [0.3, 0.4) is 0 Å². The number of Topliss-reactive ketones (excluding diaryl/α,β-unsaturated/α-hetero) is 1. The van der Waals surface area contributed by atoms with Gasteiger partial charge in [-0.25, -0.2) is 0 Å². The van der Waals surface area contributed by atoms with Gasteiger partial charge in [-0.2, -0.15) is 0 Å². The Kier molecular flexibility index (Phi) is 5.10.